The second kappa shape index (κ2) is 4.14. The monoisotopic (exact) mass is 255 g/mol. The molecule has 0 aromatic rings. The van der Waals surface area contributed by atoms with E-state index in [1.54, 1.807) is 0 Å². The molecule has 3 fully saturated rings. The molecule has 3 rings (SSSR count). The maximum Gasteiger partial charge on any atom is 0.0783 e. The molecule has 98 valence electrons. The number of nitrogens with two attached hydrogens (primary N) is 1. The second-order valence-corrected chi connectivity index (χ2v) is 8.07. The zero-order valence-corrected chi connectivity index (χ0v) is 11.9. The minimum Gasteiger partial charge on any atom is -0.374 e. The van der Waals surface area contributed by atoms with Crippen molar-refractivity contribution in [2.45, 2.75) is 51.2 Å². The standard InChI is InChI=1S/C14H25NOS/c1-13(2)8-11(13)12(15)10-3-5-16-14(7-10)4-6-17-9-14/h10-12H,3-9,15H2,1-2H3. The summed E-state index contributed by atoms with van der Waals surface area (Å²) in [6, 6.07) is 0.413. The Morgan fingerprint density at radius 2 is 2.12 bits per heavy atom. The summed E-state index contributed by atoms with van der Waals surface area (Å²) in [5.74, 6) is 3.94. The molecule has 1 aliphatic carbocycles. The molecular weight excluding hydrogens is 230 g/mol. The SMILES string of the molecule is CC1(C)CC1C(N)C1CCOC2(CCSC2)C1. The molecule has 2 heterocycles. The lowest BCUT2D eigenvalue weighted by atomic mass is 9.79. The molecule has 0 amide bonds. The van der Waals surface area contributed by atoms with Crippen molar-refractivity contribution >= 4 is 11.8 Å². The van der Waals surface area contributed by atoms with Gasteiger partial charge in [-0.05, 0) is 48.7 Å². The minimum atomic E-state index is 0.199. The number of hydrogen-bond donors (Lipinski definition) is 1. The minimum absolute atomic E-state index is 0.199. The van der Waals surface area contributed by atoms with Gasteiger partial charge in [0, 0.05) is 18.4 Å². The smallest absolute Gasteiger partial charge is 0.0783 e. The van der Waals surface area contributed by atoms with Gasteiger partial charge >= 0.3 is 0 Å². The Morgan fingerprint density at radius 1 is 1.35 bits per heavy atom. The van der Waals surface area contributed by atoms with Crippen LogP contribution in [0.2, 0.25) is 0 Å². The van der Waals surface area contributed by atoms with Gasteiger partial charge < -0.3 is 10.5 Å². The van der Waals surface area contributed by atoms with Crippen LogP contribution in [0.15, 0.2) is 0 Å². The molecule has 3 aliphatic rings. The van der Waals surface area contributed by atoms with Crippen molar-refractivity contribution in [1.82, 2.24) is 0 Å². The van der Waals surface area contributed by atoms with E-state index >= 15 is 0 Å². The molecule has 0 bridgehead atoms. The molecule has 2 aliphatic heterocycles. The Kier molecular flexibility index (Phi) is 3.00. The van der Waals surface area contributed by atoms with E-state index < -0.39 is 0 Å². The zero-order valence-electron chi connectivity index (χ0n) is 11.1. The molecule has 3 heteroatoms. The Morgan fingerprint density at radius 3 is 2.71 bits per heavy atom. The molecule has 2 saturated heterocycles. The number of thioether (sulfide) groups is 1. The van der Waals surface area contributed by atoms with Crippen molar-refractivity contribution in [3.05, 3.63) is 0 Å². The summed E-state index contributed by atoms with van der Waals surface area (Å²) in [6.45, 7) is 5.65. The largest absolute Gasteiger partial charge is 0.374 e. The van der Waals surface area contributed by atoms with Gasteiger partial charge in [0.15, 0.2) is 0 Å². The number of ether oxygens (including phenoxy) is 1. The quantitative estimate of drug-likeness (QED) is 0.824. The van der Waals surface area contributed by atoms with Crippen LogP contribution in [0.25, 0.3) is 0 Å². The van der Waals surface area contributed by atoms with Gasteiger partial charge in [-0.2, -0.15) is 11.8 Å². The molecule has 2 nitrogen and oxygen atoms in total. The summed E-state index contributed by atoms with van der Waals surface area (Å²) in [7, 11) is 0. The van der Waals surface area contributed by atoms with Crippen molar-refractivity contribution in [2.24, 2.45) is 23.0 Å². The highest BCUT2D eigenvalue weighted by Gasteiger charge is 2.52. The van der Waals surface area contributed by atoms with Crippen LogP contribution in [0.1, 0.15) is 39.5 Å². The van der Waals surface area contributed by atoms with Gasteiger partial charge in [-0.3, -0.25) is 0 Å². The molecule has 0 radical (unpaired) electrons. The fraction of sp³-hybridized carbons (Fsp3) is 1.00. The summed E-state index contributed by atoms with van der Waals surface area (Å²) in [4.78, 5) is 0. The molecule has 2 N–H and O–H groups in total. The first-order valence-corrected chi connectivity index (χ1v) is 8.15. The lowest BCUT2D eigenvalue weighted by Gasteiger charge is -2.40. The van der Waals surface area contributed by atoms with Gasteiger partial charge in [-0.25, -0.2) is 0 Å². The first kappa shape index (κ1) is 12.3. The third-order valence-corrected chi connectivity index (χ3v) is 6.42. The normalized spacial score (nSPS) is 46.1. The zero-order chi connectivity index (χ0) is 12.1. The Labute approximate surface area is 109 Å². The molecule has 0 aromatic heterocycles. The first-order chi connectivity index (χ1) is 8.03. The van der Waals surface area contributed by atoms with Crippen LogP contribution in [0.5, 0.6) is 0 Å². The van der Waals surface area contributed by atoms with Crippen LogP contribution in [-0.4, -0.2) is 29.8 Å². The highest BCUT2D eigenvalue weighted by molar-refractivity contribution is 7.99. The molecule has 17 heavy (non-hydrogen) atoms. The van der Waals surface area contributed by atoms with Gasteiger partial charge in [0.25, 0.3) is 0 Å². The predicted octanol–water partition coefficient (Wildman–Crippen LogP) is 2.66. The van der Waals surface area contributed by atoms with Crippen molar-refractivity contribution in [3.8, 4) is 0 Å². The summed E-state index contributed by atoms with van der Waals surface area (Å²) in [5.41, 5.74) is 7.23. The molecule has 4 atom stereocenters. The molecule has 0 aromatic carbocycles. The fourth-order valence-electron chi connectivity index (χ4n) is 3.75. The van der Waals surface area contributed by atoms with E-state index in [1.807, 2.05) is 0 Å². The van der Waals surface area contributed by atoms with Crippen LogP contribution < -0.4 is 5.73 Å². The average molecular weight is 255 g/mol. The fourth-order valence-corrected chi connectivity index (χ4v) is 5.13. The Balaban J connectivity index is 1.64. The van der Waals surface area contributed by atoms with E-state index in [4.69, 9.17) is 10.5 Å². The second-order valence-electron chi connectivity index (χ2n) is 6.96. The Hall–Kier alpha value is 0.270. The lowest BCUT2D eigenvalue weighted by Crippen LogP contribution is -2.46. The number of rotatable bonds is 2. The molecular formula is C14H25NOS. The third-order valence-electron chi connectivity index (χ3n) is 5.20. The van der Waals surface area contributed by atoms with Gasteiger partial charge in [0.05, 0.1) is 5.60 Å². The van der Waals surface area contributed by atoms with Gasteiger partial charge in [0.1, 0.15) is 0 Å². The third kappa shape index (κ3) is 2.26. The van der Waals surface area contributed by atoms with Gasteiger partial charge in [0.2, 0.25) is 0 Å². The first-order valence-electron chi connectivity index (χ1n) is 7.00. The van der Waals surface area contributed by atoms with Crippen LogP contribution in [0, 0.1) is 17.3 Å². The average Bonchev–Trinajstić information content (AvgIpc) is 2.71. The van der Waals surface area contributed by atoms with Crippen molar-refractivity contribution in [1.29, 1.82) is 0 Å². The maximum absolute atomic E-state index is 6.52. The summed E-state index contributed by atoms with van der Waals surface area (Å²) < 4.78 is 6.08. The van der Waals surface area contributed by atoms with E-state index in [0.717, 1.165) is 12.5 Å². The van der Waals surface area contributed by atoms with Crippen LogP contribution >= 0.6 is 11.8 Å². The topological polar surface area (TPSA) is 35.2 Å². The van der Waals surface area contributed by atoms with Crippen LogP contribution in [0.4, 0.5) is 0 Å². The van der Waals surface area contributed by atoms with E-state index in [-0.39, 0.29) is 5.60 Å². The van der Waals surface area contributed by atoms with E-state index in [2.05, 4.69) is 25.6 Å². The number of hydrogen-bond acceptors (Lipinski definition) is 3. The maximum atomic E-state index is 6.52. The Bertz CT molecular complexity index is 299. The van der Waals surface area contributed by atoms with E-state index in [9.17, 15) is 0 Å². The van der Waals surface area contributed by atoms with Crippen LogP contribution in [0.3, 0.4) is 0 Å². The highest BCUT2D eigenvalue weighted by Crippen LogP contribution is 2.55. The molecule has 1 saturated carbocycles. The summed E-state index contributed by atoms with van der Waals surface area (Å²) >= 11 is 2.05. The van der Waals surface area contributed by atoms with E-state index in [0.29, 0.717) is 17.4 Å². The van der Waals surface area contributed by atoms with Crippen molar-refractivity contribution in [2.75, 3.05) is 18.1 Å². The highest BCUT2D eigenvalue weighted by atomic mass is 32.2. The van der Waals surface area contributed by atoms with Gasteiger partial charge in [-0.1, -0.05) is 13.8 Å². The summed E-state index contributed by atoms with van der Waals surface area (Å²) in [6.07, 6.45) is 4.97. The molecule has 1 spiro atoms. The summed E-state index contributed by atoms with van der Waals surface area (Å²) in [5, 5.41) is 0. The van der Waals surface area contributed by atoms with Crippen LogP contribution in [-0.2, 0) is 4.74 Å². The predicted molar refractivity (Wildman–Crippen MR) is 73.2 cm³/mol. The molecule has 4 unspecified atom stereocenters. The van der Waals surface area contributed by atoms with Crippen molar-refractivity contribution < 1.29 is 4.74 Å². The van der Waals surface area contributed by atoms with Gasteiger partial charge in [-0.15, -0.1) is 0 Å². The lowest BCUT2D eigenvalue weighted by molar-refractivity contribution is -0.0846. The van der Waals surface area contributed by atoms with Crippen molar-refractivity contribution in [3.63, 3.8) is 0 Å². The van der Waals surface area contributed by atoms with E-state index in [1.165, 1.54) is 37.2 Å².